The van der Waals surface area contributed by atoms with Crippen LogP contribution < -0.4 is 0 Å². The third-order valence-electron chi connectivity index (χ3n) is 1.85. The molecule has 0 radical (unpaired) electrons. The average Bonchev–Trinajstić information content (AvgIpc) is 2.03. The van der Waals surface area contributed by atoms with Crippen molar-refractivity contribution in [3.63, 3.8) is 0 Å². The molecule has 2 heteroatoms. The van der Waals surface area contributed by atoms with E-state index in [0.717, 1.165) is 17.6 Å². The van der Waals surface area contributed by atoms with Crippen molar-refractivity contribution in [3.05, 3.63) is 47.9 Å². The van der Waals surface area contributed by atoms with Crippen molar-refractivity contribution in [2.45, 2.75) is 6.42 Å². The summed E-state index contributed by atoms with van der Waals surface area (Å²) in [5, 5.41) is 9.51. The third kappa shape index (κ3) is 2.25. The molecule has 1 N–H and O–H groups in total. The smallest absolute Gasteiger partial charge is 0.122 e. The van der Waals surface area contributed by atoms with Crippen LogP contribution >= 0.6 is 0 Å². The van der Waals surface area contributed by atoms with Crippen LogP contribution in [0.25, 0.3) is 0 Å². The molecular weight excluding hydrogens is 162 g/mol. The number of aliphatic hydroxyl groups excluding tert-OH is 1. The Balaban J connectivity index is 3.02. The predicted molar refractivity (Wildman–Crippen MR) is 55.4 cm³/mol. The van der Waals surface area contributed by atoms with Gasteiger partial charge in [-0.3, -0.25) is 0 Å². The lowest BCUT2D eigenvalue weighted by molar-refractivity contribution is 0.426. The van der Waals surface area contributed by atoms with Gasteiger partial charge in [0.25, 0.3) is 0 Å². The molecule has 0 aromatic rings. The Kier molecular flexibility index (Phi) is 2.96. The highest BCUT2D eigenvalue weighted by molar-refractivity contribution is 5.47. The molecule has 1 rings (SSSR count). The van der Waals surface area contributed by atoms with E-state index in [0.29, 0.717) is 5.76 Å². The fourth-order valence-corrected chi connectivity index (χ4v) is 1.33. The highest BCUT2D eigenvalue weighted by Gasteiger charge is 2.09. The maximum Gasteiger partial charge on any atom is 0.122 e. The van der Waals surface area contributed by atoms with E-state index in [2.05, 4.69) is 6.58 Å². The van der Waals surface area contributed by atoms with Crippen molar-refractivity contribution in [2.75, 3.05) is 14.1 Å². The van der Waals surface area contributed by atoms with Crippen LogP contribution in [0.2, 0.25) is 0 Å². The van der Waals surface area contributed by atoms with Gasteiger partial charge in [0.2, 0.25) is 0 Å². The quantitative estimate of drug-likeness (QED) is 0.700. The molecule has 0 amide bonds. The molecule has 0 saturated heterocycles. The molecule has 0 unspecified atom stereocenters. The van der Waals surface area contributed by atoms with Crippen LogP contribution in [0.15, 0.2) is 47.9 Å². The summed E-state index contributed by atoms with van der Waals surface area (Å²) in [6.07, 6.45) is 8.19. The largest absolute Gasteiger partial charge is 0.507 e. The SMILES string of the molecule is C=CC1=C(O)C=CCC1=CN(C)C. The van der Waals surface area contributed by atoms with E-state index in [9.17, 15) is 5.11 Å². The van der Waals surface area contributed by atoms with Crippen molar-refractivity contribution >= 4 is 0 Å². The molecule has 13 heavy (non-hydrogen) atoms. The lowest BCUT2D eigenvalue weighted by Gasteiger charge is -2.15. The number of nitrogens with zero attached hydrogens (tertiary/aromatic N) is 1. The summed E-state index contributed by atoms with van der Waals surface area (Å²) in [6.45, 7) is 3.68. The topological polar surface area (TPSA) is 23.5 Å². The van der Waals surface area contributed by atoms with Gasteiger partial charge in [0.1, 0.15) is 5.76 Å². The second-order valence-electron chi connectivity index (χ2n) is 3.23. The van der Waals surface area contributed by atoms with Crippen LogP contribution in [0.5, 0.6) is 0 Å². The summed E-state index contributed by atoms with van der Waals surface area (Å²) < 4.78 is 0. The summed E-state index contributed by atoms with van der Waals surface area (Å²) in [4.78, 5) is 1.96. The Labute approximate surface area is 79.2 Å². The molecule has 0 heterocycles. The minimum atomic E-state index is 0.300. The lowest BCUT2D eigenvalue weighted by atomic mass is 9.98. The highest BCUT2D eigenvalue weighted by atomic mass is 16.3. The minimum absolute atomic E-state index is 0.300. The van der Waals surface area contributed by atoms with E-state index < -0.39 is 0 Å². The number of hydrogen-bond donors (Lipinski definition) is 1. The maximum absolute atomic E-state index is 9.51. The third-order valence-corrected chi connectivity index (χ3v) is 1.85. The summed E-state index contributed by atoms with van der Waals surface area (Å²) >= 11 is 0. The second kappa shape index (κ2) is 3.99. The summed E-state index contributed by atoms with van der Waals surface area (Å²) in [5.74, 6) is 0.300. The molecule has 0 saturated carbocycles. The Morgan fingerprint density at radius 3 is 2.77 bits per heavy atom. The van der Waals surface area contributed by atoms with Gasteiger partial charge in [-0.05, 0) is 18.1 Å². The van der Waals surface area contributed by atoms with Gasteiger partial charge in [-0.2, -0.15) is 0 Å². The van der Waals surface area contributed by atoms with Crippen LogP contribution in [0.3, 0.4) is 0 Å². The molecule has 0 fully saturated rings. The van der Waals surface area contributed by atoms with E-state index in [1.165, 1.54) is 0 Å². The molecular formula is C11H15NO. The molecule has 2 nitrogen and oxygen atoms in total. The van der Waals surface area contributed by atoms with Gasteiger partial charge in [0.05, 0.1) is 0 Å². The maximum atomic E-state index is 9.51. The van der Waals surface area contributed by atoms with Crippen LogP contribution in [0, 0.1) is 0 Å². The van der Waals surface area contributed by atoms with E-state index in [1.54, 1.807) is 12.2 Å². The fraction of sp³-hybridized carbons (Fsp3) is 0.273. The van der Waals surface area contributed by atoms with Gasteiger partial charge in [0.15, 0.2) is 0 Å². The van der Waals surface area contributed by atoms with E-state index in [1.807, 2.05) is 31.3 Å². The Hall–Kier alpha value is -1.44. The molecule has 0 bridgehead atoms. The molecule has 0 aliphatic heterocycles. The zero-order chi connectivity index (χ0) is 9.84. The van der Waals surface area contributed by atoms with E-state index in [4.69, 9.17) is 0 Å². The first-order valence-corrected chi connectivity index (χ1v) is 4.25. The molecule has 1 aliphatic carbocycles. The highest BCUT2D eigenvalue weighted by Crippen LogP contribution is 2.24. The van der Waals surface area contributed by atoms with Crippen molar-refractivity contribution in [2.24, 2.45) is 0 Å². The average molecular weight is 177 g/mol. The van der Waals surface area contributed by atoms with Crippen LogP contribution in [0.1, 0.15) is 6.42 Å². The van der Waals surface area contributed by atoms with Gasteiger partial charge in [0, 0.05) is 25.9 Å². The zero-order valence-electron chi connectivity index (χ0n) is 8.12. The van der Waals surface area contributed by atoms with Crippen molar-refractivity contribution in [1.29, 1.82) is 0 Å². The molecule has 0 spiro atoms. The van der Waals surface area contributed by atoms with Crippen molar-refractivity contribution in [3.8, 4) is 0 Å². The second-order valence-corrected chi connectivity index (χ2v) is 3.23. The summed E-state index contributed by atoms with van der Waals surface area (Å²) in [6, 6.07) is 0. The normalized spacial score (nSPS) is 19.4. The van der Waals surface area contributed by atoms with Gasteiger partial charge < -0.3 is 10.0 Å². The van der Waals surface area contributed by atoms with Gasteiger partial charge in [-0.15, -0.1) is 0 Å². The monoisotopic (exact) mass is 177 g/mol. The first-order chi connectivity index (χ1) is 6.15. The molecule has 0 aromatic carbocycles. The van der Waals surface area contributed by atoms with Gasteiger partial charge in [-0.1, -0.05) is 18.7 Å². The van der Waals surface area contributed by atoms with Crippen molar-refractivity contribution in [1.82, 2.24) is 4.90 Å². The van der Waals surface area contributed by atoms with Gasteiger partial charge in [-0.25, -0.2) is 0 Å². The minimum Gasteiger partial charge on any atom is -0.507 e. The lowest BCUT2D eigenvalue weighted by Crippen LogP contribution is -2.05. The number of hydrogen-bond acceptors (Lipinski definition) is 2. The first-order valence-electron chi connectivity index (χ1n) is 4.25. The van der Waals surface area contributed by atoms with Crippen LogP contribution in [0.4, 0.5) is 0 Å². The number of aliphatic hydroxyl groups is 1. The molecule has 1 aliphatic rings. The standard InChI is InChI=1S/C11H15NO/c1-4-10-9(8-12(2)3)6-5-7-11(10)13/h4-5,7-8,13H,1,6H2,2-3H3. The fourth-order valence-electron chi connectivity index (χ4n) is 1.33. The van der Waals surface area contributed by atoms with E-state index >= 15 is 0 Å². The number of rotatable bonds is 2. The van der Waals surface area contributed by atoms with Crippen molar-refractivity contribution < 1.29 is 5.11 Å². The Bertz CT molecular complexity index is 295. The molecule has 0 atom stereocenters. The first kappa shape index (κ1) is 9.65. The summed E-state index contributed by atoms with van der Waals surface area (Å²) in [5.41, 5.74) is 1.93. The molecule has 0 aromatic heterocycles. The summed E-state index contributed by atoms with van der Waals surface area (Å²) in [7, 11) is 3.92. The predicted octanol–water partition coefficient (Wildman–Crippen LogP) is 2.39. The van der Waals surface area contributed by atoms with E-state index in [-0.39, 0.29) is 0 Å². The van der Waals surface area contributed by atoms with Gasteiger partial charge >= 0.3 is 0 Å². The Morgan fingerprint density at radius 2 is 2.23 bits per heavy atom. The molecule has 70 valence electrons. The van der Waals surface area contributed by atoms with Crippen LogP contribution in [-0.2, 0) is 0 Å². The zero-order valence-corrected chi connectivity index (χ0v) is 8.12. The van der Waals surface area contributed by atoms with Crippen LogP contribution in [-0.4, -0.2) is 24.1 Å². The Morgan fingerprint density at radius 1 is 1.54 bits per heavy atom. The number of allylic oxidation sites excluding steroid dienone is 5.